The minimum atomic E-state index is -0.299. The van der Waals surface area contributed by atoms with Gasteiger partial charge in [-0.3, -0.25) is 9.88 Å². The largest absolute Gasteiger partial charge is 0.477 e. The lowest BCUT2D eigenvalue weighted by atomic mass is 10.1. The van der Waals surface area contributed by atoms with Crippen LogP contribution in [0.15, 0.2) is 73.2 Å². The highest BCUT2D eigenvalue weighted by Crippen LogP contribution is 2.16. The highest BCUT2D eigenvalue weighted by atomic mass is 16.6. The van der Waals surface area contributed by atoms with Crippen LogP contribution in [0.25, 0.3) is 0 Å². The third-order valence-electron chi connectivity index (χ3n) is 5.17. The van der Waals surface area contributed by atoms with Gasteiger partial charge in [-0.25, -0.2) is 9.78 Å². The second-order valence-corrected chi connectivity index (χ2v) is 7.40. The molecule has 7 heteroatoms. The van der Waals surface area contributed by atoms with E-state index in [-0.39, 0.29) is 6.09 Å². The van der Waals surface area contributed by atoms with Crippen molar-refractivity contribution in [2.45, 2.75) is 13.0 Å². The zero-order valence-electron chi connectivity index (χ0n) is 17.4. The number of rotatable bonds is 7. The van der Waals surface area contributed by atoms with Crippen molar-refractivity contribution in [1.82, 2.24) is 19.8 Å². The summed E-state index contributed by atoms with van der Waals surface area (Å²) in [7, 11) is 0. The van der Waals surface area contributed by atoms with Crippen LogP contribution in [0.3, 0.4) is 0 Å². The monoisotopic (exact) mass is 418 g/mol. The molecule has 160 valence electrons. The van der Waals surface area contributed by atoms with E-state index in [0.717, 1.165) is 31.6 Å². The van der Waals surface area contributed by atoms with Crippen LogP contribution in [0.4, 0.5) is 4.79 Å². The minimum Gasteiger partial charge on any atom is -0.477 e. The van der Waals surface area contributed by atoms with Crippen molar-refractivity contribution >= 4 is 6.09 Å². The van der Waals surface area contributed by atoms with Gasteiger partial charge in [-0.15, -0.1) is 0 Å². The van der Waals surface area contributed by atoms with Crippen LogP contribution in [0, 0.1) is 0 Å². The molecule has 3 heterocycles. The molecule has 0 N–H and O–H groups in total. The number of hydrogen-bond acceptors (Lipinski definition) is 6. The van der Waals surface area contributed by atoms with Crippen molar-refractivity contribution < 1.29 is 14.3 Å². The Kier molecular flexibility index (Phi) is 7.08. The fraction of sp³-hybridized carbons (Fsp3) is 0.292. The SMILES string of the molecule is O=C(Oc1ccc(CCOc2ccccn2)cc1)N1CCN(Cc2cccnc2)CC1. The standard InChI is InChI=1S/C24H26N4O3/c29-24(28-15-13-27(14-16-28)19-21-4-3-11-25-18-21)31-22-8-6-20(7-9-22)10-17-30-23-5-1-2-12-26-23/h1-9,11-12,18H,10,13-17,19H2. The number of ether oxygens (including phenoxy) is 2. The van der Waals surface area contributed by atoms with Crippen molar-refractivity contribution in [2.75, 3.05) is 32.8 Å². The second kappa shape index (κ2) is 10.5. The Hall–Kier alpha value is -3.45. The number of aromatic nitrogens is 2. The van der Waals surface area contributed by atoms with E-state index >= 15 is 0 Å². The van der Waals surface area contributed by atoms with E-state index in [2.05, 4.69) is 20.9 Å². The number of amides is 1. The fourth-order valence-corrected chi connectivity index (χ4v) is 3.43. The highest BCUT2D eigenvalue weighted by molar-refractivity contribution is 5.70. The van der Waals surface area contributed by atoms with Gasteiger partial charge in [-0.1, -0.05) is 24.3 Å². The molecule has 1 aromatic carbocycles. The predicted octanol–water partition coefficient (Wildman–Crippen LogP) is 3.41. The first-order valence-electron chi connectivity index (χ1n) is 10.5. The third kappa shape index (κ3) is 6.26. The lowest BCUT2D eigenvalue weighted by Gasteiger charge is -2.33. The van der Waals surface area contributed by atoms with Crippen molar-refractivity contribution in [2.24, 2.45) is 0 Å². The Morgan fingerprint density at radius 2 is 1.74 bits per heavy atom. The van der Waals surface area contributed by atoms with E-state index in [9.17, 15) is 4.79 Å². The first-order chi connectivity index (χ1) is 15.3. The Morgan fingerprint density at radius 3 is 2.45 bits per heavy atom. The van der Waals surface area contributed by atoms with Crippen LogP contribution >= 0.6 is 0 Å². The Labute approximate surface area is 182 Å². The molecule has 0 radical (unpaired) electrons. The van der Waals surface area contributed by atoms with Crippen LogP contribution in [-0.2, 0) is 13.0 Å². The quantitative estimate of drug-likeness (QED) is 0.586. The Bertz CT molecular complexity index is 944. The normalized spacial score (nSPS) is 14.3. The summed E-state index contributed by atoms with van der Waals surface area (Å²) < 4.78 is 11.2. The topological polar surface area (TPSA) is 67.8 Å². The average molecular weight is 418 g/mol. The molecule has 1 saturated heterocycles. The molecule has 1 aliphatic rings. The molecule has 0 aliphatic carbocycles. The molecule has 0 bridgehead atoms. The van der Waals surface area contributed by atoms with Gasteiger partial charge < -0.3 is 14.4 Å². The summed E-state index contributed by atoms with van der Waals surface area (Å²) in [6.07, 6.45) is 5.82. The summed E-state index contributed by atoms with van der Waals surface area (Å²) in [5.41, 5.74) is 2.30. The van der Waals surface area contributed by atoms with Gasteiger partial charge in [0.25, 0.3) is 0 Å². The van der Waals surface area contributed by atoms with E-state index in [1.807, 2.05) is 54.7 Å². The van der Waals surface area contributed by atoms with E-state index in [0.29, 0.717) is 31.3 Å². The van der Waals surface area contributed by atoms with Crippen molar-refractivity contribution in [3.8, 4) is 11.6 Å². The maximum absolute atomic E-state index is 12.5. The summed E-state index contributed by atoms with van der Waals surface area (Å²) >= 11 is 0. The third-order valence-corrected chi connectivity index (χ3v) is 5.17. The molecule has 2 aromatic heterocycles. The maximum Gasteiger partial charge on any atom is 0.415 e. The predicted molar refractivity (Wildman–Crippen MR) is 117 cm³/mol. The van der Waals surface area contributed by atoms with Gasteiger partial charge in [-0.05, 0) is 35.4 Å². The van der Waals surface area contributed by atoms with Crippen LogP contribution in [0.5, 0.6) is 11.6 Å². The average Bonchev–Trinajstić information content (AvgIpc) is 2.82. The smallest absolute Gasteiger partial charge is 0.415 e. The first kappa shape index (κ1) is 20.8. The molecular formula is C24H26N4O3. The molecule has 0 spiro atoms. The molecular weight excluding hydrogens is 392 g/mol. The fourth-order valence-electron chi connectivity index (χ4n) is 3.43. The summed E-state index contributed by atoms with van der Waals surface area (Å²) in [6.45, 7) is 4.34. The molecule has 4 rings (SSSR count). The van der Waals surface area contributed by atoms with E-state index in [4.69, 9.17) is 9.47 Å². The molecule has 1 aliphatic heterocycles. The van der Waals surface area contributed by atoms with E-state index < -0.39 is 0 Å². The minimum absolute atomic E-state index is 0.299. The lowest BCUT2D eigenvalue weighted by molar-refractivity contribution is 0.108. The number of pyridine rings is 2. The molecule has 3 aromatic rings. The molecule has 1 amide bonds. The van der Waals surface area contributed by atoms with Crippen LogP contribution in [0.2, 0.25) is 0 Å². The Balaban J connectivity index is 1.19. The van der Waals surface area contributed by atoms with Gasteiger partial charge in [0, 0.05) is 63.8 Å². The second-order valence-electron chi connectivity index (χ2n) is 7.40. The van der Waals surface area contributed by atoms with E-state index in [1.165, 1.54) is 5.56 Å². The highest BCUT2D eigenvalue weighted by Gasteiger charge is 2.22. The molecule has 7 nitrogen and oxygen atoms in total. The van der Waals surface area contributed by atoms with Crippen molar-refractivity contribution in [1.29, 1.82) is 0 Å². The molecule has 0 saturated carbocycles. The molecule has 1 fully saturated rings. The summed E-state index contributed by atoms with van der Waals surface area (Å²) in [6, 6.07) is 17.2. The number of benzene rings is 1. The summed E-state index contributed by atoms with van der Waals surface area (Å²) in [4.78, 5) is 24.9. The number of piperazine rings is 1. The molecule has 0 unspecified atom stereocenters. The van der Waals surface area contributed by atoms with E-state index in [1.54, 1.807) is 17.3 Å². The molecule has 0 atom stereocenters. The van der Waals surface area contributed by atoms with Gasteiger partial charge >= 0.3 is 6.09 Å². The van der Waals surface area contributed by atoms with Crippen LogP contribution < -0.4 is 9.47 Å². The van der Waals surface area contributed by atoms with Crippen LogP contribution in [-0.4, -0.2) is 58.6 Å². The molecule has 31 heavy (non-hydrogen) atoms. The van der Waals surface area contributed by atoms with Crippen molar-refractivity contribution in [3.05, 3.63) is 84.3 Å². The number of nitrogens with zero attached hydrogens (tertiary/aromatic N) is 4. The maximum atomic E-state index is 12.5. The van der Waals surface area contributed by atoms with Crippen LogP contribution in [0.1, 0.15) is 11.1 Å². The van der Waals surface area contributed by atoms with Gasteiger partial charge in [-0.2, -0.15) is 0 Å². The van der Waals surface area contributed by atoms with Gasteiger partial charge in [0.15, 0.2) is 0 Å². The Morgan fingerprint density at radius 1 is 0.903 bits per heavy atom. The zero-order chi connectivity index (χ0) is 21.3. The number of carbonyl (C=O) groups excluding carboxylic acids is 1. The van der Waals surface area contributed by atoms with Gasteiger partial charge in [0.2, 0.25) is 5.88 Å². The number of carbonyl (C=O) groups is 1. The number of hydrogen-bond donors (Lipinski definition) is 0. The zero-order valence-corrected chi connectivity index (χ0v) is 17.4. The van der Waals surface area contributed by atoms with Crippen molar-refractivity contribution in [3.63, 3.8) is 0 Å². The van der Waals surface area contributed by atoms with Gasteiger partial charge in [0.05, 0.1) is 6.61 Å². The van der Waals surface area contributed by atoms with Gasteiger partial charge in [0.1, 0.15) is 5.75 Å². The lowest BCUT2D eigenvalue weighted by Crippen LogP contribution is -2.49. The summed E-state index contributed by atoms with van der Waals surface area (Å²) in [5, 5.41) is 0. The summed E-state index contributed by atoms with van der Waals surface area (Å²) in [5.74, 6) is 1.17. The first-order valence-corrected chi connectivity index (χ1v) is 10.5.